The summed E-state index contributed by atoms with van der Waals surface area (Å²) in [6.45, 7) is 5.59. The van der Waals surface area contributed by atoms with Crippen LogP contribution < -0.4 is 10.1 Å². The minimum absolute atomic E-state index is 0.309. The van der Waals surface area contributed by atoms with Crippen molar-refractivity contribution >= 4 is 17.6 Å². The Bertz CT molecular complexity index is 776. The van der Waals surface area contributed by atoms with Gasteiger partial charge in [0.25, 0.3) is 5.91 Å². The van der Waals surface area contributed by atoms with E-state index in [1.54, 1.807) is 12.1 Å². The van der Waals surface area contributed by atoms with Crippen LogP contribution in [0.15, 0.2) is 36.4 Å². The van der Waals surface area contributed by atoms with Crippen molar-refractivity contribution in [1.29, 1.82) is 0 Å². The van der Waals surface area contributed by atoms with Crippen molar-refractivity contribution in [3.05, 3.63) is 58.7 Å². The molecule has 0 aromatic heterocycles. The lowest BCUT2D eigenvalue weighted by Gasteiger charge is -2.15. The second kappa shape index (κ2) is 9.04. The first-order valence-corrected chi connectivity index (χ1v) is 8.72. The molecule has 5 nitrogen and oxygen atoms in total. The molecule has 0 saturated carbocycles. The molecule has 0 aliphatic rings. The number of amides is 1. The molecular weight excluding hydrogens is 330 g/mol. The summed E-state index contributed by atoms with van der Waals surface area (Å²) in [5.41, 5.74) is 4.15. The van der Waals surface area contributed by atoms with E-state index in [-0.39, 0.29) is 12.5 Å². The fraction of sp³-hybridized carbons (Fsp3) is 0.333. The van der Waals surface area contributed by atoms with Gasteiger partial charge in [0.2, 0.25) is 0 Å². The average Bonchev–Trinajstić information content (AvgIpc) is 2.66. The first-order valence-electron chi connectivity index (χ1n) is 8.72. The molecule has 0 fully saturated rings. The van der Waals surface area contributed by atoms with Gasteiger partial charge < -0.3 is 14.8 Å². The number of methoxy groups -OCH3 is 1. The lowest BCUT2D eigenvalue weighted by Crippen LogP contribution is -2.22. The van der Waals surface area contributed by atoms with Gasteiger partial charge in [0.1, 0.15) is 11.3 Å². The highest BCUT2D eigenvalue weighted by atomic mass is 16.5. The van der Waals surface area contributed by atoms with Crippen molar-refractivity contribution in [1.82, 2.24) is 0 Å². The molecule has 0 radical (unpaired) electrons. The summed E-state index contributed by atoms with van der Waals surface area (Å²) < 4.78 is 10.4. The van der Waals surface area contributed by atoms with Gasteiger partial charge in [-0.15, -0.1) is 0 Å². The predicted octanol–water partition coefficient (Wildman–Crippen LogP) is 3.92. The van der Waals surface area contributed by atoms with E-state index in [9.17, 15) is 9.59 Å². The van der Waals surface area contributed by atoms with Crippen molar-refractivity contribution in [2.24, 2.45) is 0 Å². The minimum Gasteiger partial charge on any atom is -0.496 e. The highest BCUT2D eigenvalue weighted by Gasteiger charge is 2.16. The molecule has 5 heteroatoms. The van der Waals surface area contributed by atoms with E-state index < -0.39 is 5.97 Å². The van der Waals surface area contributed by atoms with Crippen LogP contribution in [0, 0.1) is 6.92 Å². The van der Waals surface area contributed by atoms with Gasteiger partial charge in [0.05, 0.1) is 7.11 Å². The van der Waals surface area contributed by atoms with Crippen LogP contribution in [0.4, 0.5) is 5.69 Å². The quantitative estimate of drug-likeness (QED) is 0.765. The second-order valence-corrected chi connectivity index (χ2v) is 5.99. The van der Waals surface area contributed by atoms with Gasteiger partial charge in [0, 0.05) is 5.69 Å². The highest BCUT2D eigenvalue weighted by Crippen LogP contribution is 2.23. The standard InChI is InChI=1S/C21H25NO4/c1-5-15-8-7-9-16(6-2)20(15)22-19(23)13-26-21(24)17-12-14(3)10-11-18(17)25-4/h7-12H,5-6,13H2,1-4H3,(H,22,23). The SMILES string of the molecule is CCc1cccc(CC)c1NC(=O)COC(=O)c1cc(C)ccc1OC. The smallest absolute Gasteiger partial charge is 0.342 e. The average molecular weight is 355 g/mol. The van der Waals surface area contributed by atoms with E-state index in [4.69, 9.17) is 9.47 Å². The number of nitrogens with one attached hydrogen (secondary N) is 1. The molecule has 26 heavy (non-hydrogen) atoms. The number of esters is 1. The molecule has 0 unspecified atom stereocenters. The number of hydrogen-bond donors (Lipinski definition) is 1. The summed E-state index contributed by atoms with van der Waals surface area (Å²) in [6, 6.07) is 11.2. The first kappa shape index (κ1) is 19.5. The number of aryl methyl sites for hydroxylation is 3. The zero-order chi connectivity index (χ0) is 19.1. The molecule has 0 atom stereocenters. The summed E-state index contributed by atoms with van der Waals surface area (Å²) >= 11 is 0. The molecule has 0 aliphatic carbocycles. The normalized spacial score (nSPS) is 10.3. The number of anilines is 1. The van der Waals surface area contributed by atoms with Gasteiger partial charge in [0.15, 0.2) is 6.61 Å². The van der Waals surface area contributed by atoms with Gasteiger partial charge in [-0.05, 0) is 43.0 Å². The third-order valence-electron chi connectivity index (χ3n) is 4.17. The van der Waals surface area contributed by atoms with Crippen LogP contribution >= 0.6 is 0 Å². The molecule has 2 aromatic carbocycles. The number of rotatable bonds is 7. The van der Waals surface area contributed by atoms with Crippen molar-refractivity contribution < 1.29 is 19.1 Å². The maximum atomic E-state index is 12.3. The maximum absolute atomic E-state index is 12.3. The number of hydrogen-bond acceptors (Lipinski definition) is 4. The van der Waals surface area contributed by atoms with Crippen molar-refractivity contribution in [3.63, 3.8) is 0 Å². The Morgan fingerprint density at radius 2 is 1.69 bits per heavy atom. The van der Waals surface area contributed by atoms with E-state index in [0.717, 1.165) is 35.2 Å². The molecule has 0 bridgehead atoms. The Labute approximate surface area is 154 Å². The fourth-order valence-electron chi connectivity index (χ4n) is 2.77. The molecule has 0 heterocycles. The Morgan fingerprint density at radius 3 is 2.27 bits per heavy atom. The minimum atomic E-state index is -0.583. The third kappa shape index (κ3) is 4.63. The molecule has 0 aliphatic heterocycles. The van der Waals surface area contributed by atoms with E-state index in [0.29, 0.717) is 11.3 Å². The molecule has 138 valence electrons. The number of para-hydroxylation sites is 1. The zero-order valence-electron chi connectivity index (χ0n) is 15.7. The Balaban J connectivity index is 2.06. The number of carbonyl (C=O) groups is 2. The summed E-state index contributed by atoms with van der Waals surface area (Å²) in [5.74, 6) is -0.522. The highest BCUT2D eigenvalue weighted by molar-refractivity contribution is 5.97. The van der Waals surface area contributed by atoms with Crippen LogP contribution in [0.25, 0.3) is 0 Å². The summed E-state index contributed by atoms with van der Waals surface area (Å²) in [6.07, 6.45) is 1.62. The van der Waals surface area contributed by atoms with Crippen LogP contribution in [0.2, 0.25) is 0 Å². The summed E-state index contributed by atoms with van der Waals surface area (Å²) in [5, 5.41) is 2.88. The van der Waals surface area contributed by atoms with Crippen LogP contribution in [0.1, 0.15) is 40.9 Å². The van der Waals surface area contributed by atoms with Crippen LogP contribution in [-0.4, -0.2) is 25.6 Å². The Morgan fingerprint density at radius 1 is 1.04 bits per heavy atom. The number of carbonyl (C=O) groups excluding carboxylic acids is 2. The molecule has 0 spiro atoms. The monoisotopic (exact) mass is 355 g/mol. The summed E-state index contributed by atoms with van der Waals surface area (Å²) in [4.78, 5) is 24.6. The van der Waals surface area contributed by atoms with Crippen molar-refractivity contribution in [2.45, 2.75) is 33.6 Å². The number of ether oxygens (including phenoxy) is 2. The van der Waals surface area contributed by atoms with Crippen LogP contribution in [-0.2, 0) is 22.4 Å². The molecule has 2 rings (SSSR count). The first-order chi connectivity index (χ1) is 12.5. The van der Waals surface area contributed by atoms with Gasteiger partial charge in [-0.3, -0.25) is 4.79 Å². The Hall–Kier alpha value is -2.82. The summed E-state index contributed by atoms with van der Waals surface area (Å²) in [7, 11) is 1.49. The van der Waals surface area contributed by atoms with Gasteiger partial charge in [-0.1, -0.05) is 43.7 Å². The molecule has 1 N–H and O–H groups in total. The van der Waals surface area contributed by atoms with Gasteiger partial charge >= 0.3 is 5.97 Å². The largest absolute Gasteiger partial charge is 0.496 e. The van der Waals surface area contributed by atoms with E-state index in [1.807, 2.05) is 45.0 Å². The molecule has 0 saturated heterocycles. The molecule has 2 aromatic rings. The van der Waals surface area contributed by atoms with Crippen molar-refractivity contribution in [2.75, 3.05) is 19.0 Å². The maximum Gasteiger partial charge on any atom is 0.342 e. The third-order valence-corrected chi connectivity index (χ3v) is 4.17. The zero-order valence-corrected chi connectivity index (χ0v) is 15.7. The number of benzene rings is 2. The van der Waals surface area contributed by atoms with Crippen molar-refractivity contribution in [3.8, 4) is 5.75 Å². The van der Waals surface area contributed by atoms with Crippen LogP contribution in [0.5, 0.6) is 5.75 Å². The van der Waals surface area contributed by atoms with E-state index in [1.165, 1.54) is 7.11 Å². The van der Waals surface area contributed by atoms with E-state index in [2.05, 4.69) is 5.32 Å². The van der Waals surface area contributed by atoms with Gasteiger partial charge in [-0.25, -0.2) is 4.79 Å². The fourth-order valence-corrected chi connectivity index (χ4v) is 2.77. The molecule has 1 amide bonds. The van der Waals surface area contributed by atoms with Crippen LogP contribution in [0.3, 0.4) is 0 Å². The van der Waals surface area contributed by atoms with E-state index >= 15 is 0 Å². The Kier molecular flexibility index (Phi) is 6.78. The lowest BCUT2D eigenvalue weighted by molar-refractivity contribution is -0.119. The predicted molar refractivity (Wildman–Crippen MR) is 102 cm³/mol. The molecular formula is C21H25NO4. The second-order valence-electron chi connectivity index (χ2n) is 5.99. The topological polar surface area (TPSA) is 64.6 Å². The lowest BCUT2D eigenvalue weighted by atomic mass is 10.0. The van der Waals surface area contributed by atoms with Gasteiger partial charge in [-0.2, -0.15) is 0 Å².